The van der Waals surface area contributed by atoms with Crippen LogP contribution in [-0.4, -0.2) is 25.8 Å². The molecule has 6 nitrogen and oxygen atoms in total. The first-order valence-electron chi connectivity index (χ1n) is 5.17. The highest BCUT2D eigenvalue weighted by molar-refractivity contribution is 5.88. The van der Waals surface area contributed by atoms with Crippen molar-refractivity contribution < 1.29 is 10.6 Å². The van der Waals surface area contributed by atoms with Gasteiger partial charge in [0.2, 0.25) is 0 Å². The minimum atomic E-state index is 0. The zero-order valence-corrected chi connectivity index (χ0v) is 9.38. The van der Waals surface area contributed by atoms with E-state index < -0.39 is 0 Å². The largest absolute Gasteiger partial charge is 0.508 e. The van der Waals surface area contributed by atoms with E-state index in [0.29, 0.717) is 0 Å². The third-order valence-electron chi connectivity index (χ3n) is 2.49. The fraction of sp³-hybridized carbons (Fsp3) is 0. The van der Waals surface area contributed by atoms with Gasteiger partial charge in [-0.25, -0.2) is 0 Å². The molecule has 2 aromatic heterocycles. The summed E-state index contributed by atoms with van der Waals surface area (Å²) in [5, 5.41) is 19.3. The van der Waals surface area contributed by atoms with Crippen LogP contribution >= 0.6 is 0 Å². The molecule has 0 fully saturated rings. The minimum Gasteiger partial charge on any atom is -0.508 e. The molecule has 0 amide bonds. The minimum absolute atomic E-state index is 0. The normalized spacial score (nSPS) is 10.0. The number of benzene rings is 1. The van der Waals surface area contributed by atoms with E-state index in [9.17, 15) is 5.11 Å². The lowest BCUT2D eigenvalue weighted by Crippen LogP contribution is -1.91. The third-order valence-corrected chi connectivity index (χ3v) is 2.49. The molecule has 6 heteroatoms. The van der Waals surface area contributed by atoms with E-state index in [-0.39, 0.29) is 11.2 Å². The maximum atomic E-state index is 9.21. The molecule has 3 aromatic rings. The number of aromatic nitrogens is 3. The summed E-state index contributed by atoms with van der Waals surface area (Å²) < 4.78 is 0. The van der Waals surface area contributed by atoms with Gasteiger partial charge in [-0.2, -0.15) is 5.10 Å². The third kappa shape index (κ3) is 2.09. The van der Waals surface area contributed by atoms with Crippen molar-refractivity contribution in [2.75, 3.05) is 5.32 Å². The predicted octanol–water partition coefficient (Wildman–Crippen LogP) is 1.58. The SMILES string of the molecule is O.Oc1ccc(Nc2ccnc3cn[nH]c23)cc1. The number of pyridine rings is 1. The summed E-state index contributed by atoms with van der Waals surface area (Å²) in [6.45, 7) is 0. The van der Waals surface area contributed by atoms with Crippen molar-refractivity contribution in [2.45, 2.75) is 0 Å². The van der Waals surface area contributed by atoms with Crippen LogP contribution in [0.25, 0.3) is 11.0 Å². The molecule has 0 spiro atoms. The fourth-order valence-electron chi connectivity index (χ4n) is 1.66. The number of nitrogens with one attached hydrogen (secondary N) is 2. The first-order valence-corrected chi connectivity index (χ1v) is 5.17. The van der Waals surface area contributed by atoms with Gasteiger partial charge in [0.05, 0.1) is 11.9 Å². The molecule has 0 radical (unpaired) electrons. The maximum Gasteiger partial charge on any atom is 0.115 e. The van der Waals surface area contributed by atoms with Gasteiger partial charge in [0.25, 0.3) is 0 Å². The smallest absolute Gasteiger partial charge is 0.115 e. The average Bonchev–Trinajstić information content (AvgIpc) is 2.81. The van der Waals surface area contributed by atoms with E-state index in [2.05, 4.69) is 20.5 Å². The van der Waals surface area contributed by atoms with Crippen molar-refractivity contribution in [3.05, 3.63) is 42.7 Å². The first kappa shape index (κ1) is 11.9. The van der Waals surface area contributed by atoms with Crippen molar-refractivity contribution in [3.8, 4) is 5.75 Å². The van der Waals surface area contributed by atoms with E-state index in [1.165, 1.54) is 0 Å². The zero-order chi connectivity index (χ0) is 11.7. The molecule has 3 rings (SSSR count). The molecule has 18 heavy (non-hydrogen) atoms. The van der Waals surface area contributed by atoms with Crippen LogP contribution in [0.2, 0.25) is 0 Å². The number of aromatic amines is 1. The van der Waals surface area contributed by atoms with E-state index in [0.717, 1.165) is 22.4 Å². The van der Waals surface area contributed by atoms with Crippen molar-refractivity contribution in [2.24, 2.45) is 0 Å². The Balaban J connectivity index is 0.00000120. The number of H-pyrrole nitrogens is 1. The van der Waals surface area contributed by atoms with Gasteiger partial charge in [0.1, 0.15) is 16.8 Å². The zero-order valence-electron chi connectivity index (χ0n) is 9.38. The number of phenols is 1. The van der Waals surface area contributed by atoms with Crippen LogP contribution in [0.5, 0.6) is 5.75 Å². The molecule has 0 aliphatic heterocycles. The first-order chi connectivity index (χ1) is 8.33. The lowest BCUT2D eigenvalue weighted by Gasteiger charge is -2.06. The van der Waals surface area contributed by atoms with E-state index in [1.54, 1.807) is 36.7 Å². The number of aromatic hydroxyl groups is 1. The Kier molecular flexibility index (Phi) is 3.11. The van der Waals surface area contributed by atoms with Gasteiger partial charge < -0.3 is 15.9 Å². The molecule has 0 atom stereocenters. The van der Waals surface area contributed by atoms with Gasteiger partial charge in [-0.1, -0.05) is 0 Å². The van der Waals surface area contributed by atoms with E-state index >= 15 is 0 Å². The summed E-state index contributed by atoms with van der Waals surface area (Å²) in [7, 11) is 0. The highest BCUT2D eigenvalue weighted by Crippen LogP contribution is 2.23. The van der Waals surface area contributed by atoms with Gasteiger partial charge in [-0.15, -0.1) is 0 Å². The number of anilines is 2. The number of hydrogen-bond donors (Lipinski definition) is 3. The van der Waals surface area contributed by atoms with Crippen molar-refractivity contribution in [1.29, 1.82) is 0 Å². The summed E-state index contributed by atoms with van der Waals surface area (Å²) in [6, 6.07) is 8.74. The second kappa shape index (κ2) is 4.72. The Bertz CT molecular complexity index is 648. The Morgan fingerprint density at radius 1 is 1.11 bits per heavy atom. The molecule has 0 unspecified atom stereocenters. The number of hydrogen-bond acceptors (Lipinski definition) is 4. The summed E-state index contributed by atoms with van der Waals surface area (Å²) >= 11 is 0. The van der Waals surface area contributed by atoms with Gasteiger partial charge in [0.15, 0.2) is 0 Å². The van der Waals surface area contributed by atoms with Crippen LogP contribution in [0, 0.1) is 0 Å². The second-order valence-electron chi connectivity index (χ2n) is 3.66. The van der Waals surface area contributed by atoms with Crippen LogP contribution in [0.3, 0.4) is 0 Å². The summed E-state index contributed by atoms with van der Waals surface area (Å²) in [5.41, 5.74) is 3.47. The number of phenolic OH excluding ortho intramolecular Hbond substituents is 1. The highest BCUT2D eigenvalue weighted by atomic mass is 16.3. The topological polar surface area (TPSA) is 105 Å². The molecular weight excluding hydrogens is 232 g/mol. The Morgan fingerprint density at radius 2 is 1.89 bits per heavy atom. The van der Waals surface area contributed by atoms with Gasteiger partial charge >= 0.3 is 0 Å². The highest BCUT2D eigenvalue weighted by Gasteiger charge is 2.03. The van der Waals surface area contributed by atoms with Crippen molar-refractivity contribution >= 4 is 22.4 Å². The van der Waals surface area contributed by atoms with Gasteiger partial charge in [-0.3, -0.25) is 10.1 Å². The summed E-state index contributed by atoms with van der Waals surface area (Å²) in [5.74, 6) is 0.247. The Morgan fingerprint density at radius 3 is 2.67 bits per heavy atom. The standard InChI is InChI=1S/C12H10N4O.H2O/c17-9-3-1-8(2-4-9)15-10-5-6-13-11-7-14-16-12(10)11;/h1-7,17H,(H,13,15)(H,14,16);1H2. The average molecular weight is 244 g/mol. The van der Waals surface area contributed by atoms with Crippen molar-refractivity contribution in [3.63, 3.8) is 0 Å². The van der Waals surface area contributed by atoms with Crippen LogP contribution < -0.4 is 5.32 Å². The molecule has 2 heterocycles. The molecule has 0 bridgehead atoms. The summed E-state index contributed by atoms with van der Waals surface area (Å²) in [6.07, 6.45) is 3.40. The molecular formula is C12H12N4O2. The number of rotatable bonds is 2. The van der Waals surface area contributed by atoms with Gasteiger partial charge in [-0.05, 0) is 30.3 Å². The van der Waals surface area contributed by atoms with Crippen molar-refractivity contribution in [1.82, 2.24) is 15.2 Å². The monoisotopic (exact) mass is 244 g/mol. The second-order valence-corrected chi connectivity index (χ2v) is 3.66. The molecule has 5 N–H and O–H groups in total. The lowest BCUT2D eigenvalue weighted by atomic mass is 10.2. The molecule has 0 aliphatic rings. The molecule has 1 aromatic carbocycles. The molecule has 0 aliphatic carbocycles. The van der Waals surface area contributed by atoms with E-state index in [4.69, 9.17) is 0 Å². The predicted molar refractivity (Wildman–Crippen MR) is 68.9 cm³/mol. The van der Waals surface area contributed by atoms with Crippen LogP contribution in [0.15, 0.2) is 42.7 Å². The van der Waals surface area contributed by atoms with Gasteiger partial charge in [0, 0.05) is 11.9 Å². The molecule has 0 saturated heterocycles. The Labute approximate surface area is 103 Å². The number of fused-ring (bicyclic) bond motifs is 1. The molecule has 92 valence electrons. The van der Waals surface area contributed by atoms with Crippen LogP contribution in [-0.2, 0) is 0 Å². The number of nitrogens with zero attached hydrogens (tertiary/aromatic N) is 2. The quantitative estimate of drug-likeness (QED) is 0.595. The summed E-state index contributed by atoms with van der Waals surface area (Å²) in [4.78, 5) is 4.18. The van der Waals surface area contributed by atoms with Crippen LogP contribution in [0.1, 0.15) is 0 Å². The lowest BCUT2D eigenvalue weighted by molar-refractivity contribution is 0.475. The van der Waals surface area contributed by atoms with Crippen LogP contribution in [0.4, 0.5) is 11.4 Å². The Hall–Kier alpha value is -2.60. The maximum absolute atomic E-state index is 9.21. The van der Waals surface area contributed by atoms with E-state index in [1.807, 2.05) is 6.07 Å². The molecule has 0 saturated carbocycles. The fourth-order valence-corrected chi connectivity index (χ4v) is 1.66.